The van der Waals surface area contributed by atoms with E-state index in [2.05, 4.69) is 25.3 Å². The first-order valence-electron chi connectivity index (χ1n) is 10.9. The molecule has 0 atom stereocenters. The van der Waals surface area contributed by atoms with Crippen molar-refractivity contribution in [1.29, 1.82) is 0 Å². The van der Waals surface area contributed by atoms with E-state index in [1.165, 1.54) is 25.9 Å². The number of fused-ring (bicyclic) bond motifs is 1. The van der Waals surface area contributed by atoms with Crippen molar-refractivity contribution < 1.29 is 9.47 Å². The van der Waals surface area contributed by atoms with Crippen LogP contribution in [0, 0.1) is 0 Å². The summed E-state index contributed by atoms with van der Waals surface area (Å²) in [5.41, 5.74) is 3.29. The fourth-order valence-corrected chi connectivity index (χ4v) is 3.87. The Hall–Kier alpha value is -3.65. The molecule has 0 bridgehead atoms. The third kappa shape index (κ3) is 4.50. The van der Waals surface area contributed by atoms with Gasteiger partial charge < -0.3 is 14.8 Å². The van der Waals surface area contributed by atoms with Crippen LogP contribution in [-0.2, 0) is 0 Å². The first-order chi connectivity index (χ1) is 15.8. The van der Waals surface area contributed by atoms with E-state index in [0.717, 1.165) is 35.0 Å². The Labute approximate surface area is 186 Å². The minimum Gasteiger partial charge on any atom is -0.495 e. The van der Waals surface area contributed by atoms with Crippen molar-refractivity contribution >= 4 is 17.3 Å². The van der Waals surface area contributed by atoms with Crippen molar-refractivity contribution in [1.82, 2.24) is 24.5 Å². The molecule has 1 aliphatic heterocycles. The van der Waals surface area contributed by atoms with E-state index in [9.17, 15) is 0 Å². The lowest BCUT2D eigenvalue weighted by Gasteiger charge is -2.15. The SMILES string of the molecule is COc1ccc(-c2cccc3nc(Nc4ccc(OCCN5CCCC5)cc4)nn23)nc1. The zero-order valence-electron chi connectivity index (χ0n) is 18.1. The molecule has 1 aliphatic rings. The third-order valence-electron chi connectivity index (χ3n) is 5.58. The molecule has 4 heterocycles. The molecule has 1 saturated heterocycles. The standard InChI is InChI=1S/C24H26N6O2/c1-31-20-11-12-21(25-17-20)22-5-4-6-23-27-24(28-30(22)23)26-18-7-9-19(10-8-18)32-16-15-29-13-2-3-14-29/h4-12,17H,2-3,13-16H2,1H3,(H,26,28). The molecule has 8 nitrogen and oxygen atoms in total. The number of hydrogen-bond acceptors (Lipinski definition) is 7. The van der Waals surface area contributed by atoms with Crippen LogP contribution < -0.4 is 14.8 Å². The highest BCUT2D eigenvalue weighted by atomic mass is 16.5. The van der Waals surface area contributed by atoms with Gasteiger partial charge in [0.15, 0.2) is 5.65 Å². The number of rotatable bonds is 8. The Bertz CT molecular complexity index is 1170. The van der Waals surface area contributed by atoms with Crippen LogP contribution in [0.4, 0.5) is 11.6 Å². The number of nitrogens with zero attached hydrogens (tertiary/aromatic N) is 5. The van der Waals surface area contributed by atoms with Crippen molar-refractivity contribution in [3.05, 3.63) is 60.8 Å². The Morgan fingerprint density at radius 1 is 0.969 bits per heavy atom. The summed E-state index contributed by atoms with van der Waals surface area (Å²) < 4.78 is 12.9. The fourth-order valence-electron chi connectivity index (χ4n) is 3.87. The summed E-state index contributed by atoms with van der Waals surface area (Å²) in [4.78, 5) is 11.5. The van der Waals surface area contributed by atoms with Gasteiger partial charge in [-0.25, -0.2) is 4.52 Å². The van der Waals surface area contributed by atoms with Gasteiger partial charge in [-0.3, -0.25) is 9.88 Å². The lowest BCUT2D eigenvalue weighted by atomic mass is 10.2. The molecule has 0 radical (unpaired) electrons. The predicted molar refractivity (Wildman–Crippen MR) is 124 cm³/mol. The van der Waals surface area contributed by atoms with Gasteiger partial charge in [0.25, 0.3) is 0 Å². The Kier molecular flexibility index (Phi) is 5.85. The van der Waals surface area contributed by atoms with E-state index in [1.54, 1.807) is 17.8 Å². The molecule has 32 heavy (non-hydrogen) atoms. The number of ether oxygens (including phenoxy) is 2. The van der Waals surface area contributed by atoms with Gasteiger partial charge in [0.1, 0.15) is 18.1 Å². The van der Waals surface area contributed by atoms with Crippen molar-refractivity contribution in [2.24, 2.45) is 0 Å². The van der Waals surface area contributed by atoms with Crippen molar-refractivity contribution in [2.75, 3.05) is 38.7 Å². The normalized spacial score (nSPS) is 14.0. The zero-order valence-corrected chi connectivity index (χ0v) is 18.1. The smallest absolute Gasteiger partial charge is 0.247 e. The van der Waals surface area contributed by atoms with Crippen LogP contribution in [0.25, 0.3) is 17.0 Å². The topological polar surface area (TPSA) is 76.8 Å². The highest BCUT2D eigenvalue weighted by molar-refractivity contribution is 5.62. The van der Waals surface area contributed by atoms with Crippen molar-refractivity contribution in [2.45, 2.75) is 12.8 Å². The molecular weight excluding hydrogens is 404 g/mol. The number of aromatic nitrogens is 4. The number of anilines is 2. The summed E-state index contributed by atoms with van der Waals surface area (Å²) in [6.45, 7) is 4.07. The van der Waals surface area contributed by atoms with E-state index in [-0.39, 0.29) is 0 Å². The summed E-state index contributed by atoms with van der Waals surface area (Å²) in [6, 6.07) is 17.5. The minimum atomic E-state index is 0.522. The van der Waals surface area contributed by atoms with Crippen LogP contribution >= 0.6 is 0 Å². The van der Waals surface area contributed by atoms with Gasteiger partial charge in [0.2, 0.25) is 5.95 Å². The van der Waals surface area contributed by atoms with Gasteiger partial charge in [-0.2, -0.15) is 4.98 Å². The van der Waals surface area contributed by atoms with E-state index >= 15 is 0 Å². The van der Waals surface area contributed by atoms with Crippen molar-refractivity contribution in [3.63, 3.8) is 0 Å². The van der Waals surface area contributed by atoms with Crippen LogP contribution in [0.2, 0.25) is 0 Å². The molecule has 164 valence electrons. The lowest BCUT2D eigenvalue weighted by molar-refractivity contribution is 0.238. The lowest BCUT2D eigenvalue weighted by Crippen LogP contribution is -2.25. The number of methoxy groups -OCH3 is 1. The quantitative estimate of drug-likeness (QED) is 0.452. The van der Waals surface area contributed by atoms with Gasteiger partial charge in [-0.05, 0) is 74.5 Å². The summed E-state index contributed by atoms with van der Waals surface area (Å²) in [7, 11) is 1.63. The molecule has 0 spiro atoms. The van der Waals surface area contributed by atoms with Crippen LogP contribution in [0.3, 0.4) is 0 Å². The fraction of sp³-hybridized carbons (Fsp3) is 0.292. The monoisotopic (exact) mass is 430 g/mol. The first kappa shape index (κ1) is 20.3. The van der Waals surface area contributed by atoms with Crippen LogP contribution in [-0.4, -0.2) is 57.8 Å². The van der Waals surface area contributed by atoms with E-state index in [0.29, 0.717) is 18.3 Å². The maximum atomic E-state index is 5.88. The molecule has 1 N–H and O–H groups in total. The summed E-state index contributed by atoms with van der Waals surface area (Å²) >= 11 is 0. The second kappa shape index (κ2) is 9.23. The van der Waals surface area contributed by atoms with Gasteiger partial charge in [0.05, 0.1) is 24.7 Å². The first-order valence-corrected chi connectivity index (χ1v) is 10.9. The number of hydrogen-bond donors (Lipinski definition) is 1. The highest BCUT2D eigenvalue weighted by Crippen LogP contribution is 2.23. The minimum absolute atomic E-state index is 0.522. The second-order valence-electron chi connectivity index (χ2n) is 7.75. The number of pyridine rings is 2. The molecule has 4 aromatic rings. The summed E-state index contributed by atoms with van der Waals surface area (Å²) in [6.07, 6.45) is 4.30. The maximum Gasteiger partial charge on any atom is 0.247 e. The summed E-state index contributed by atoms with van der Waals surface area (Å²) in [5.74, 6) is 2.10. The molecule has 0 aliphatic carbocycles. The molecular formula is C24H26N6O2. The van der Waals surface area contributed by atoms with E-state index in [1.807, 2.05) is 54.6 Å². The Balaban J connectivity index is 1.26. The number of nitrogens with one attached hydrogen (secondary N) is 1. The van der Waals surface area contributed by atoms with Crippen LogP contribution in [0.5, 0.6) is 11.5 Å². The van der Waals surface area contributed by atoms with Gasteiger partial charge in [-0.15, -0.1) is 5.10 Å². The zero-order chi connectivity index (χ0) is 21.8. The number of benzene rings is 1. The second-order valence-corrected chi connectivity index (χ2v) is 7.75. The Morgan fingerprint density at radius 3 is 2.53 bits per heavy atom. The maximum absolute atomic E-state index is 5.88. The molecule has 5 rings (SSSR count). The molecule has 8 heteroatoms. The summed E-state index contributed by atoms with van der Waals surface area (Å²) in [5, 5.41) is 7.90. The average molecular weight is 431 g/mol. The van der Waals surface area contributed by atoms with Crippen molar-refractivity contribution in [3.8, 4) is 22.9 Å². The molecule has 0 saturated carbocycles. The molecule has 1 fully saturated rings. The average Bonchev–Trinajstić information content (AvgIpc) is 3.49. The molecule has 3 aromatic heterocycles. The molecule has 1 aromatic carbocycles. The largest absolute Gasteiger partial charge is 0.495 e. The molecule has 0 amide bonds. The Morgan fingerprint density at radius 2 is 1.78 bits per heavy atom. The van der Waals surface area contributed by atoms with Crippen LogP contribution in [0.15, 0.2) is 60.8 Å². The van der Waals surface area contributed by atoms with Crippen LogP contribution in [0.1, 0.15) is 12.8 Å². The van der Waals surface area contributed by atoms with Gasteiger partial charge in [-0.1, -0.05) is 6.07 Å². The highest BCUT2D eigenvalue weighted by Gasteiger charge is 2.12. The van der Waals surface area contributed by atoms with E-state index in [4.69, 9.17) is 9.47 Å². The van der Waals surface area contributed by atoms with Gasteiger partial charge in [0, 0.05) is 12.2 Å². The third-order valence-corrected chi connectivity index (χ3v) is 5.58. The van der Waals surface area contributed by atoms with Gasteiger partial charge >= 0.3 is 0 Å². The predicted octanol–water partition coefficient (Wildman–Crippen LogP) is 4.02. The number of likely N-dealkylation sites (tertiary alicyclic amines) is 1. The van der Waals surface area contributed by atoms with E-state index < -0.39 is 0 Å². The molecule has 0 unspecified atom stereocenters.